The van der Waals surface area contributed by atoms with Gasteiger partial charge in [-0.2, -0.15) is 5.10 Å². The first-order valence-corrected chi connectivity index (χ1v) is 9.81. The third kappa shape index (κ3) is 5.21. The number of rotatable bonds is 5. The maximum atomic E-state index is 12.3. The van der Waals surface area contributed by atoms with Gasteiger partial charge in [-0.25, -0.2) is 5.43 Å². The van der Waals surface area contributed by atoms with Crippen molar-refractivity contribution in [1.82, 2.24) is 5.43 Å². The fourth-order valence-corrected chi connectivity index (χ4v) is 3.19. The summed E-state index contributed by atoms with van der Waals surface area (Å²) in [5.41, 5.74) is 5.20. The highest BCUT2D eigenvalue weighted by molar-refractivity contribution is 5.95. The van der Waals surface area contributed by atoms with Crippen molar-refractivity contribution in [2.24, 2.45) is 5.10 Å². The van der Waals surface area contributed by atoms with E-state index in [4.69, 9.17) is 4.74 Å². The minimum absolute atomic E-state index is 0.00458. The van der Waals surface area contributed by atoms with Crippen molar-refractivity contribution in [2.75, 3.05) is 31.2 Å². The molecule has 8 nitrogen and oxygen atoms in total. The van der Waals surface area contributed by atoms with Gasteiger partial charge in [-0.15, -0.1) is 0 Å². The van der Waals surface area contributed by atoms with Gasteiger partial charge < -0.3 is 9.64 Å². The minimum Gasteiger partial charge on any atom is -0.378 e. The molecule has 1 amide bonds. The average molecular weight is 410 g/mol. The fraction of sp³-hybridized carbons (Fsp3) is 0.364. The zero-order valence-corrected chi connectivity index (χ0v) is 17.4. The SMILES string of the molecule is CC(C)(C)c1ccc(C(=O)N/N=C\c2ccc(N3CCOCC3)c([N+](=O)[O-])c2)cc1. The van der Waals surface area contributed by atoms with Crippen LogP contribution in [0, 0.1) is 10.1 Å². The lowest BCUT2D eigenvalue weighted by Crippen LogP contribution is -2.36. The molecule has 30 heavy (non-hydrogen) atoms. The number of hydrogen-bond donors (Lipinski definition) is 1. The molecule has 158 valence electrons. The number of hydrogen-bond acceptors (Lipinski definition) is 6. The number of benzene rings is 2. The summed E-state index contributed by atoms with van der Waals surface area (Å²) in [6, 6.07) is 12.3. The standard InChI is InChI=1S/C22H26N4O4/c1-22(2,3)18-7-5-17(6-8-18)21(27)24-23-15-16-4-9-19(20(14-16)26(28)29)25-10-12-30-13-11-25/h4-9,14-15H,10-13H2,1-3H3,(H,24,27)/b23-15-. The summed E-state index contributed by atoms with van der Waals surface area (Å²) in [5.74, 6) is -0.342. The van der Waals surface area contributed by atoms with Crippen LogP contribution in [0.4, 0.5) is 11.4 Å². The van der Waals surface area contributed by atoms with Crippen LogP contribution in [0.2, 0.25) is 0 Å². The number of anilines is 1. The van der Waals surface area contributed by atoms with Crippen LogP contribution in [0.3, 0.4) is 0 Å². The summed E-state index contributed by atoms with van der Waals surface area (Å²) >= 11 is 0. The number of ether oxygens (including phenoxy) is 1. The fourth-order valence-electron chi connectivity index (χ4n) is 3.19. The van der Waals surface area contributed by atoms with Crippen LogP contribution < -0.4 is 10.3 Å². The molecule has 0 radical (unpaired) electrons. The molecule has 3 rings (SSSR count). The topological polar surface area (TPSA) is 97.1 Å². The Bertz CT molecular complexity index is 943. The maximum Gasteiger partial charge on any atom is 0.293 e. The van der Waals surface area contributed by atoms with Crippen LogP contribution in [0.25, 0.3) is 0 Å². The van der Waals surface area contributed by atoms with Crippen LogP contribution in [0.5, 0.6) is 0 Å². The quantitative estimate of drug-likeness (QED) is 0.462. The molecule has 1 saturated heterocycles. The van der Waals surface area contributed by atoms with Gasteiger partial charge in [-0.3, -0.25) is 14.9 Å². The Morgan fingerprint density at radius 1 is 1.17 bits per heavy atom. The summed E-state index contributed by atoms with van der Waals surface area (Å²) in [7, 11) is 0. The molecule has 1 fully saturated rings. The van der Waals surface area contributed by atoms with Crippen LogP contribution in [0.15, 0.2) is 47.6 Å². The van der Waals surface area contributed by atoms with Gasteiger partial charge in [0.15, 0.2) is 0 Å². The first kappa shape index (κ1) is 21.4. The monoisotopic (exact) mass is 410 g/mol. The second-order valence-corrected chi connectivity index (χ2v) is 8.13. The van der Waals surface area contributed by atoms with Crippen molar-refractivity contribution in [2.45, 2.75) is 26.2 Å². The predicted molar refractivity (Wildman–Crippen MR) is 116 cm³/mol. The Morgan fingerprint density at radius 3 is 2.43 bits per heavy atom. The highest BCUT2D eigenvalue weighted by atomic mass is 16.6. The number of amides is 1. The van der Waals surface area contributed by atoms with Gasteiger partial charge in [-0.1, -0.05) is 39.0 Å². The van der Waals surface area contributed by atoms with Crippen molar-refractivity contribution < 1.29 is 14.5 Å². The highest BCUT2D eigenvalue weighted by Gasteiger charge is 2.21. The lowest BCUT2D eigenvalue weighted by atomic mass is 9.87. The van der Waals surface area contributed by atoms with Crippen molar-refractivity contribution in [3.8, 4) is 0 Å². The molecule has 2 aromatic carbocycles. The highest BCUT2D eigenvalue weighted by Crippen LogP contribution is 2.29. The normalized spacial score (nSPS) is 14.7. The molecule has 0 unspecified atom stereocenters. The number of carbonyl (C=O) groups is 1. The Balaban J connectivity index is 1.69. The van der Waals surface area contributed by atoms with Crippen molar-refractivity contribution in [3.05, 3.63) is 69.3 Å². The Hall–Kier alpha value is -3.26. The molecule has 0 aliphatic carbocycles. The number of carbonyl (C=O) groups excluding carboxylic acids is 1. The number of nitro groups is 1. The number of morpholine rings is 1. The maximum absolute atomic E-state index is 12.3. The van der Waals surface area contributed by atoms with Crippen molar-refractivity contribution in [3.63, 3.8) is 0 Å². The zero-order chi connectivity index (χ0) is 21.7. The van der Waals surface area contributed by atoms with Crippen LogP contribution in [-0.4, -0.2) is 43.3 Å². The van der Waals surface area contributed by atoms with Gasteiger partial charge in [0.25, 0.3) is 11.6 Å². The largest absolute Gasteiger partial charge is 0.378 e. The molecule has 0 saturated carbocycles. The molecule has 2 aromatic rings. The third-order valence-electron chi connectivity index (χ3n) is 4.94. The molecule has 1 aliphatic rings. The Kier molecular flexibility index (Phi) is 6.47. The van der Waals surface area contributed by atoms with E-state index in [0.717, 1.165) is 5.56 Å². The first-order chi connectivity index (χ1) is 14.3. The molecule has 0 aromatic heterocycles. The molecule has 1 N–H and O–H groups in total. The van der Waals surface area contributed by atoms with Crippen molar-refractivity contribution >= 4 is 23.5 Å². The summed E-state index contributed by atoms with van der Waals surface area (Å²) < 4.78 is 5.31. The smallest absolute Gasteiger partial charge is 0.293 e. The van der Waals surface area contributed by atoms with Gasteiger partial charge in [-0.05, 0) is 29.2 Å². The molecule has 8 heteroatoms. The average Bonchev–Trinajstić information content (AvgIpc) is 2.73. The molecular formula is C22H26N4O4. The predicted octanol–water partition coefficient (Wildman–Crippen LogP) is 3.49. The minimum atomic E-state index is -0.405. The van der Waals surface area contributed by atoms with E-state index >= 15 is 0 Å². The summed E-state index contributed by atoms with van der Waals surface area (Å²) in [6.45, 7) is 8.63. The van der Waals surface area contributed by atoms with E-state index in [9.17, 15) is 14.9 Å². The summed E-state index contributed by atoms with van der Waals surface area (Å²) in [6.07, 6.45) is 1.40. The number of nitrogens with one attached hydrogen (secondary N) is 1. The van der Waals surface area contributed by atoms with Crippen LogP contribution >= 0.6 is 0 Å². The van der Waals surface area contributed by atoms with Crippen LogP contribution in [0.1, 0.15) is 42.3 Å². The Labute approximate surface area is 175 Å². The van der Waals surface area contributed by atoms with Gasteiger partial charge in [0.1, 0.15) is 5.69 Å². The Morgan fingerprint density at radius 2 is 1.83 bits per heavy atom. The molecular weight excluding hydrogens is 384 g/mol. The van der Waals surface area contributed by atoms with E-state index in [1.54, 1.807) is 24.3 Å². The van der Waals surface area contributed by atoms with Gasteiger partial charge in [0.05, 0.1) is 24.4 Å². The van der Waals surface area contributed by atoms with Crippen molar-refractivity contribution in [1.29, 1.82) is 0 Å². The van der Waals surface area contributed by atoms with E-state index in [1.165, 1.54) is 12.3 Å². The molecule has 1 aliphatic heterocycles. The molecule has 0 spiro atoms. The van der Waals surface area contributed by atoms with E-state index in [0.29, 0.717) is 43.1 Å². The molecule has 0 atom stereocenters. The van der Waals surface area contributed by atoms with E-state index < -0.39 is 4.92 Å². The number of hydrazone groups is 1. The lowest BCUT2D eigenvalue weighted by molar-refractivity contribution is -0.384. The summed E-state index contributed by atoms with van der Waals surface area (Å²) in [4.78, 5) is 25.3. The van der Waals surface area contributed by atoms with E-state index in [1.807, 2.05) is 17.0 Å². The first-order valence-electron chi connectivity index (χ1n) is 9.81. The zero-order valence-electron chi connectivity index (χ0n) is 17.4. The number of nitrogens with zero attached hydrogens (tertiary/aromatic N) is 3. The summed E-state index contributed by atoms with van der Waals surface area (Å²) in [5, 5.41) is 15.5. The van der Waals surface area contributed by atoms with Gasteiger partial charge in [0.2, 0.25) is 0 Å². The number of nitro benzene ring substituents is 1. The van der Waals surface area contributed by atoms with E-state index in [-0.39, 0.29) is 17.0 Å². The lowest BCUT2D eigenvalue weighted by Gasteiger charge is -2.28. The van der Waals surface area contributed by atoms with E-state index in [2.05, 4.69) is 31.3 Å². The third-order valence-corrected chi connectivity index (χ3v) is 4.94. The second-order valence-electron chi connectivity index (χ2n) is 8.13. The molecule has 0 bridgehead atoms. The second kappa shape index (κ2) is 9.04. The van der Waals surface area contributed by atoms with Gasteiger partial charge in [0, 0.05) is 30.3 Å². The molecule has 1 heterocycles. The van der Waals surface area contributed by atoms with Crippen LogP contribution in [-0.2, 0) is 10.2 Å². The van der Waals surface area contributed by atoms with Gasteiger partial charge >= 0.3 is 0 Å².